The minimum atomic E-state index is 0.00365. The molecule has 0 aromatic heterocycles. The molecule has 0 fully saturated rings. The second-order valence-electron chi connectivity index (χ2n) is 2.95. The molecule has 0 bridgehead atoms. The molecule has 0 aliphatic rings. The zero-order chi connectivity index (χ0) is 10.4. The van der Waals surface area contributed by atoms with Crippen molar-refractivity contribution >= 4 is 11.8 Å². The first kappa shape index (κ1) is 11.1. The predicted molar refractivity (Wildman–Crippen MR) is 57.9 cm³/mol. The molecule has 74 valence electrons. The summed E-state index contributed by atoms with van der Waals surface area (Å²) in [5, 5.41) is 17.7. The van der Waals surface area contributed by atoms with E-state index in [0.29, 0.717) is 0 Å². The van der Waals surface area contributed by atoms with Crippen LogP contribution in [0.3, 0.4) is 0 Å². The lowest BCUT2D eigenvalue weighted by Crippen LogP contribution is -1.95. The first-order valence-electron chi connectivity index (χ1n) is 4.56. The molecule has 2 nitrogen and oxygen atoms in total. The fourth-order valence-corrected chi connectivity index (χ4v) is 2.01. The molecule has 0 aliphatic carbocycles. The van der Waals surface area contributed by atoms with Crippen molar-refractivity contribution < 1.29 is 5.11 Å². The zero-order valence-electron chi connectivity index (χ0n) is 8.10. The van der Waals surface area contributed by atoms with Gasteiger partial charge in [-0.25, -0.2) is 0 Å². The number of rotatable bonds is 4. The Hall–Kier alpha value is -0.980. The summed E-state index contributed by atoms with van der Waals surface area (Å²) >= 11 is 1.55. The number of thioether (sulfide) groups is 1. The van der Waals surface area contributed by atoms with Gasteiger partial charge >= 0.3 is 0 Å². The van der Waals surface area contributed by atoms with E-state index < -0.39 is 0 Å². The van der Waals surface area contributed by atoms with Gasteiger partial charge in [0.15, 0.2) is 0 Å². The maximum atomic E-state index is 8.94. The molecule has 1 unspecified atom stereocenters. The van der Waals surface area contributed by atoms with E-state index in [1.165, 1.54) is 0 Å². The van der Waals surface area contributed by atoms with E-state index in [1.54, 1.807) is 11.8 Å². The molecule has 0 heterocycles. The molecule has 0 radical (unpaired) electrons. The van der Waals surface area contributed by atoms with Gasteiger partial charge in [0.25, 0.3) is 0 Å². The van der Waals surface area contributed by atoms with Crippen molar-refractivity contribution in [2.24, 2.45) is 0 Å². The maximum absolute atomic E-state index is 8.94. The van der Waals surface area contributed by atoms with Crippen molar-refractivity contribution in [2.75, 3.05) is 0 Å². The van der Waals surface area contributed by atoms with Gasteiger partial charge in [-0.15, -0.1) is 11.8 Å². The van der Waals surface area contributed by atoms with Crippen LogP contribution in [0.25, 0.3) is 0 Å². The highest BCUT2D eigenvalue weighted by Gasteiger charge is 2.06. The van der Waals surface area contributed by atoms with Gasteiger partial charge in [-0.05, 0) is 24.1 Å². The monoisotopic (exact) mass is 207 g/mol. The summed E-state index contributed by atoms with van der Waals surface area (Å²) in [6.45, 7) is 2.05. The van der Waals surface area contributed by atoms with Crippen molar-refractivity contribution in [2.45, 2.75) is 30.1 Å². The van der Waals surface area contributed by atoms with E-state index in [0.717, 1.165) is 16.9 Å². The van der Waals surface area contributed by atoms with Gasteiger partial charge in [-0.1, -0.05) is 19.1 Å². The molecule has 14 heavy (non-hydrogen) atoms. The lowest BCUT2D eigenvalue weighted by Gasteiger charge is -2.06. The second kappa shape index (κ2) is 5.69. The molecule has 0 aliphatic heterocycles. The number of nitrogens with zero attached hydrogens (tertiary/aromatic N) is 1. The van der Waals surface area contributed by atoms with E-state index in [-0.39, 0.29) is 11.9 Å². The standard InChI is InChI=1S/C11H13NOS/c1-2-10(7-12)14-11-5-3-4-9(6-11)8-13/h3-6,10,13H,2,8H2,1H3. The maximum Gasteiger partial charge on any atom is 0.0961 e. The molecule has 0 spiro atoms. The molecule has 3 heteroatoms. The van der Waals surface area contributed by atoms with Crippen LogP contribution >= 0.6 is 11.8 Å². The van der Waals surface area contributed by atoms with Crippen LogP contribution in [-0.4, -0.2) is 10.4 Å². The molecule has 0 amide bonds. The molecule has 0 saturated carbocycles. The number of hydrogen-bond acceptors (Lipinski definition) is 3. The normalized spacial score (nSPS) is 12.1. The Kier molecular flexibility index (Phi) is 4.51. The Morgan fingerprint density at radius 1 is 1.57 bits per heavy atom. The Morgan fingerprint density at radius 3 is 2.93 bits per heavy atom. The predicted octanol–water partition coefficient (Wildman–Crippen LogP) is 2.57. The van der Waals surface area contributed by atoms with Crippen LogP contribution in [-0.2, 0) is 6.61 Å². The van der Waals surface area contributed by atoms with Crippen LogP contribution in [0.1, 0.15) is 18.9 Å². The third-order valence-electron chi connectivity index (χ3n) is 1.87. The summed E-state index contributed by atoms with van der Waals surface area (Å²) in [5.74, 6) is 0. The van der Waals surface area contributed by atoms with Crippen molar-refractivity contribution in [3.63, 3.8) is 0 Å². The van der Waals surface area contributed by atoms with Gasteiger partial charge in [-0.2, -0.15) is 5.26 Å². The molecule has 1 aromatic rings. The largest absolute Gasteiger partial charge is 0.392 e. The summed E-state index contributed by atoms with van der Waals surface area (Å²) < 4.78 is 0. The molecule has 1 rings (SSSR count). The van der Waals surface area contributed by atoms with Crippen molar-refractivity contribution in [3.8, 4) is 6.07 Å². The molecule has 1 atom stereocenters. The SMILES string of the molecule is CCC(C#N)Sc1cccc(CO)c1. The summed E-state index contributed by atoms with van der Waals surface area (Å²) in [7, 11) is 0. The van der Waals surface area contributed by atoms with E-state index in [9.17, 15) is 0 Å². The topological polar surface area (TPSA) is 44.0 Å². The van der Waals surface area contributed by atoms with Crippen LogP contribution in [0, 0.1) is 11.3 Å². The average molecular weight is 207 g/mol. The van der Waals surface area contributed by atoms with Crippen LogP contribution in [0.2, 0.25) is 0 Å². The van der Waals surface area contributed by atoms with Crippen LogP contribution in [0.5, 0.6) is 0 Å². The third-order valence-corrected chi connectivity index (χ3v) is 3.12. The fourth-order valence-electron chi connectivity index (χ4n) is 1.08. The molecular formula is C11H13NOS. The molecular weight excluding hydrogens is 194 g/mol. The van der Waals surface area contributed by atoms with Gasteiger partial charge < -0.3 is 5.11 Å². The van der Waals surface area contributed by atoms with Crippen molar-refractivity contribution in [1.82, 2.24) is 0 Å². The molecule has 1 aromatic carbocycles. The summed E-state index contributed by atoms with van der Waals surface area (Å²) in [6, 6.07) is 9.89. The highest BCUT2D eigenvalue weighted by Crippen LogP contribution is 2.25. The average Bonchev–Trinajstić information content (AvgIpc) is 2.26. The van der Waals surface area contributed by atoms with Gasteiger partial charge in [-0.3, -0.25) is 0 Å². The smallest absolute Gasteiger partial charge is 0.0961 e. The Morgan fingerprint density at radius 2 is 2.36 bits per heavy atom. The van der Waals surface area contributed by atoms with Crippen molar-refractivity contribution in [1.29, 1.82) is 5.26 Å². The Balaban J connectivity index is 2.71. The molecule has 0 saturated heterocycles. The third kappa shape index (κ3) is 3.06. The lowest BCUT2D eigenvalue weighted by molar-refractivity contribution is 0.281. The summed E-state index contributed by atoms with van der Waals surface area (Å²) in [4.78, 5) is 1.05. The number of hydrogen-bond donors (Lipinski definition) is 1. The summed E-state index contributed by atoms with van der Waals surface area (Å²) in [6.07, 6.45) is 0.838. The first-order chi connectivity index (χ1) is 6.80. The van der Waals surface area contributed by atoms with Crippen LogP contribution in [0.4, 0.5) is 0 Å². The van der Waals surface area contributed by atoms with Gasteiger partial charge in [0.1, 0.15) is 0 Å². The first-order valence-corrected chi connectivity index (χ1v) is 5.44. The second-order valence-corrected chi connectivity index (χ2v) is 4.23. The number of aliphatic hydroxyl groups is 1. The highest BCUT2D eigenvalue weighted by molar-refractivity contribution is 8.00. The van der Waals surface area contributed by atoms with Gasteiger partial charge in [0, 0.05) is 4.90 Å². The minimum Gasteiger partial charge on any atom is -0.392 e. The lowest BCUT2D eigenvalue weighted by atomic mass is 10.2. The van der Waals surface area contributed by atoms with E-state index in [1.807, 2.05) is 31.2 Å². The van der Waals surface area contributed by atoms with E-state index in [4.69, 9.17) is 10.4 Å². The quantitative estimate of drug-likeness (QED) is 0.772. The number of nitriles is 1. The van der Waals surface area contributed by atoms with Gasteiger partial charge in [0.2, 0.25) is 0 Å². The van der Waals surface area contributed by atoms with E-state index in [2.05, 4.69) is 6.07 Å². The Bertz CT molecular complexity index is 332. The zero-order valence-corrected chi connectivity index (χ0v) is 8.92. The van der Waals surface area contributed by atoms with Crippen molar-refractivity contribution in [3.05, 3.63) is 29.8 Å². The number of aliphatic hydroxyl groups excluding tert-OH is 1. The minimum absolute atomic E-state index is 0.00365. The van der Waals surface area contributed by atoms with Gasteiger partial charge in [0.05, 0.1) is 17.9 Å². The Labute approximate surface area is 88.6 Å². The number of benzene rings is 1. The van der Waals surface area contributed by atoms with Crippen LogP contribution < -0.4 is 0 Å². The summed E-state index contributed by atoms with van der Waals surface area (Å²) in [5.41, 5.74) is 0.891. The fraction of sp³-hybridized carbons (Fsp3) is 0.364. The highest BCUT2D eigenvalue weighted by atomic mass is 32.2. The van der Waals surface area contributed by atoms with E-state index >= 15 is 0 Å². The molecule has 1 N–H and O–H groups in total. The van der Waals surface area contributed by atoms with Crippen LogP contribution in [0.15, 0.2) is 29.2 Å².